The molecular formula is C21H19BrFN3O2. The van der Waals surface area contributed by atoms with Crippen LogP contribution in [-0.4, -0.2) is 30.0 Å². The average molecular weight is 444 g/mol. The van der Waals surface area contributed by atoms with Crippen molar-refractivity contribution in [2.75, 3.05) is 14.2 Å². The minimum absolute atomic E-state index is 0.268. The van der Waals surface area contributed by atoms with Crippen molar-refractivity contribution in [2.45, 2.75) is 19.4 Å². The third-order valence-corrected chi connectivity index (χ3v) is 5.35. The van der Waals surface area contributed by atoms with Crippen molar-refractivity contribution >= 4 is 28.1 Å². The fourth-order valence-corrected chi connectivity index (χ4v) is 4.02. The van der Waals surface area contributed by atoms with E-state index in [1.54, 1.807) is 32.6 Å². The predicted molar refractivity (Wildman–Crippen MR) is 110 cm³/mol. The zero-order valence-electron chi connectivity index (χ0n) is 15.6. The molecule has 0 fully saturated rings. The number of aromatic nitrogens is 2. The van der Waals surface area contributed by atoms with Crippen molar-refractivity contribution < 1.29 is 13.9 Å². The van der Waals surface area contributed by atoms with Crippen LogP contribution in [0.4, 0.5) is 10.3 Å². The van der Waals surface area contributed by atoms with Crippen LogP contribution in [0, 0.1) is 5.82 Å². The largest absolute Gasteiger partial charge is 0.493 e. The highest BCUT2D eigenvalue weighted by molar-refractivity contribution is 9.10. The molecule has 0 atom stereocenters. The Labute approximate surface area is 171 Å². The molecule has 0 unspecified atom stereocenters. The predicted octanol–water partition coefficient (Wildman–Crippen LogP) is 5.17. The quantitative estimate of drug-likeness (QED) is 0.522. The zero-order chi connectivity index (χ0) is 19.7. The highest BCUT2D eigenvalue weighted by Crippen LogP contribution is 2.42. The monoisotopic (exact) mass is 443 g/mol. The summed E-state index contributed by atoms with van der Waals surface area (Å²) in [6.45, 7) is 0.795. The number of ether oxygens (including phenoxy) is 2. The van der Waals surface area contributed by atoms with Crippen LogP contribution in [0.25, 0.3) is 11.3 Å². The average Bonchev–Trinajstić information content (AvgIpc) is 2.90. The van der Waals surface area contributed by atoms with Crippen molar-refractivity contribution in [3.63, 3.8) is 0 Å². The van der Waals surface area contributed by atoms with E-state index in [9.17, 15) is 4.39 Å². The molecule has 0 spiro atoms. The Balaban J connectivity index is 1.79. The maximum Gasteiger partial charge on any atom is 0.231 e. The van der Waals surface area contributed by atoms with Crippen molar-refractivity contribution in [1.82, 2.24) is 9.55 Å². The number of aliphatic imine (C=N–C) groups is 1. The fraction of sp³-hybridized carbons (Fsp3) is 0.238. The van der Waals surface area contributed by atoms with Gasteiger partial charge >= 0.3 is 0 Å². The molecule has 7 heteroatoms. The SMILES string of the molecule is COc1cc2c(cc1OC)-c1c(Br)nc(/N=C/c3ccc(F)cc3)n1CCC2. The first-order chi connectivity index (χ1) is 13.6. The Kier molecular flexibility index (Phi) is 5.17. The molecule has 5 nitrogen and oxygen atoms in total. The van der Waals surface area contributed by atoms with Crippen molar-refractivity contribution in [3.05, 3.63) is 57.9 Å². The van der Waals surface area contributed by atoms with E-state index in [0.29, 0.717) is 11.7 Å². The summed E-state index contributed by atoms with van der Waals surface area (Å²) in [5, 5.41) is 0. The second kappa shape index (κ2) is 7.75. The lowest BCUT2D eigenvalue weighted by Gasteiger charge is -2.13. The van der Waals surface area contributed by atoms with Crippen molar-refractivity contribution in [1.29, 1.82) is 0 Å². The number of fused-ring (bicyclic) bond motifs is 3. The highest BCUT2D eigenvalue weighted by Gasteiger charge is 2.24. The maximum absolute atomic E-state index is 13.1. The van der Waals surface area contributed by atoms with Crippen molar-refractivity contribution in [3.8, 4) is 22.8 Å². The van der Waals surface area contributed by atoms with Crippen molar-refractivity contribution in [2.24, 2.45) is 4.99 Å². The Hall–Kier alpha value is -2.67. The number of aryl methyl sites for hydroxylation is 1. The number of methoxy groups -OCH3 is 2. The molecule has 3 aromatic rings. The van der Waals surface area contributed by atoms with Crippen LogP contribution in [0.5, 0.6) is 11.5 Å². The minimum Gasteiger partial charge on any atom is -0.493 e. The summed E-state index contributed by atoms with van der Waals surface area (Å²) in [6, 6.07) is 10.2. The van der Waals surface area contributed by atoms with Crippen LogP contribution in [0.3, 0.4) is 0 Å². The smallest absolute Gasteiger partial charge is 0.231 e. The Morgan fingerprint density at radius 3 is 2.57 bits per heavy atom. The molecule has 1 aromatic heterocycles. The molecule has 144 valence electrons. The van der Waals surface area contributed by atoms with Gasteiger partial charge in [-0.3, -0.25) is 0 Å². The van der Waals surface area contributed by atoms with Gasteiger partial charge in [0.1, 0.15) is 10.4 Å². The summed E-state index contributed by atoms with van der Waals surface area (Å²) >= 11 is 3.60. The van der Waals surface area contributed by atoms with E-state index < -0.39 is 0 Å². The van der Waals surface area contributed by atoms with E-state index in [1.165, 1.54) is 17.7 Å². The number of hydrogen-bond donors (Lipinski definition) is 0. The second-order valence-corrected chi connectivity index (χ2v) is 7.23. The van der Waals surface area contributed by atoms with Gasteiger partial charge in [0.15, 0.2) is 11.5 Å². The summed E-state index contributed by atoms with van der Waals surface area (Å²) in [5.74, 6) is 1.74. The lowest BCUT2D eigenvalue weighted by molar-refractivity contribution is 0.354. The van der Waals surface area contributed by atoms with E-state index in [0.717, 1.165) is 46.6 Å². The van der Waals surface area contributed by atoms with E-state index >= 15 is 0 Å². The van der Waals surface area contributed by atoms with Gasteiger partial charge < -0.3 is 14.0 Å². The van der Waals surface area contributed by atoms with Gasteiger partial charge in [-0.2, -0.15) is 0 Å². The fourth-order valence-electron chi connectivity index (χ4n) is 3.44. The molecule has 0 N–H and O–H groups in total. The lowest BCUT2D eigenvalue weighted by Crippen LogP contribution is -1.98. The topological polar surface area (TPSA) is 48.6 Å². The van der Waals surface area contributed by atoms with E-state index in [1.807, 2.05) is 12.1 Å². The van der Waals surface area contributed by atoms with Gasteiger partial charge in [-0.25, -0.2) is 14.4 Å². The standard InChI is InChI=1S/C21H19BrFN3O2/c1-27-17-10-14-4-3-9-26-19(16(14)11-18(17)28-2)20(22)25-21(26)24-12-13-5-7-15(23)8-6-13/h5-8,10-12H,3-4,9H2,1-2H3/b24-12+. The molecule has 0 radical (unpaired) electrons. The molecule has 2 aromatic carbocycles. The second-order valence-electron chi connectivity index (χ2n) is 6.48. The Bertz CT molecular complexity index is 1040. The first-order valence-electron chi connectivity index (χ1n) is 8.91. The highest BCUT2D eigenvalue weighted by atomic mass is 79.9. The maximum atomic E-state index is 13.1. The third-order valence-electron chi connectivity index (χ3n) is 4.80. The summed E-state index contributed by atoms with van der Waals surface area (Å²) < 4.78 is 26.9. The summed E-state index contributed by atoms with van der Waals surface area (Å²) in [7, 11) is 3.27. The molecule has 1 aliphatic rings. The van der Waals surface area contributed by atoms with E-state index in [4.69, 9.17) is 9.47 Å². The molecule has 0 saturated carbocycles. The molecule has 1 aliphatic heterocycles. The van der Waals surface area contributed by atoms with Crippen LogP contribution in [-0.2, 0) is 13.0 Å². The first kappa shape index (κ1) is 18.7. The number of hydrogen-bond acceptors (Lipinski definition) is 4. The first-order valence-corrected chi connectivity index (χ1v) is 9.71. The molecule has 0 aliphatic carbocycles. The van der Waals surface area contributed by atoms with Gasteiger partial charge in [0.25, 0.3) is 0 Å². The number of halogens is 2. The third kappa shape index (κ3) is 3.42. The van der Waals surface area contributed by atoms with Gasteiger partial charge in [0.05, 0.1) is 19.9 Å². The van der Waals surface area contributed by atoms with Crippen LogP contribution < -0.4 is 9.47 Å². The zero-order valence-corrected chi connectivity index (χ0v) is 17.2. The Morgan fingerprint density at radius 2 is 1.86 bits per heavy atom. The molecule has 2 heterocycles. The molecule has 28 heavy (non-hydrogen) atoms. The molecule has 0 bridgehead atoms. The summed E-state index contributed by atoms with van der Waals surface area (Å²) in [6.07, 6.45) is 3.57. The van der Waals surface area contributed by atoms with E-state index in [2.05, 4.69) is 30.5 Å². The molecular weight excluding hydrogens is 425 g/mol. The number of rotatable bonds is 4. The summed E-state index contributed by atoms with van der Waals surface area (Å²) in [4.78, 5) is 9.15. The van der Waals surface area contributed by atoms with E-state index in [-0.39, 0.29) is 5.82 Å². The van der Waals surface area contributed by atoms with Gasteiger partial charge in [-0.05, 0) is 64.2 Å². The van der Waals surface area contributed by atoms with Gasteiger partial charge in [0, 0.05) is 18.3 Å². The van der Waals surface area contributed by atoms with Crippen LogP contribution in [0.15, 0.2) is 46.0 Å². The number of nitrogens with zero attached hydrogens (tertiary/aromatic N) is 3. The molecule has 4 rings (SSSR count). The van der Waals surface area contributed by atoms with Crippen LogP contribution in [0.2, 0.25) is 0 Å². The van der Waals surface area contributed by atoms with Gasteiger partial charge in [-0.15, -0.1) is 0 Å². The van der Waals surface area contributed by atoms with Gasteiger partial charge in [-0.1, -0.05) is 12.1 Å². The minimum atomic E-state index is -0.268. The lowest BCUT2D eigenvalue weighted by atomic mass is 10.0. The number of imidazole rings is 1. The molecule has 0 amide bonds. The Morgan fingerprint density at radius 1 is 1.14 bits per heavy atom. The molecule has 0 saturated heterocycles. The number of benzene rings is 2. The normalized spacial score (nSPS) is 13.1. The van der Waals surface area contributed by atoms with Gasteiger partial charge in [0.2, 0.25) is 5.95 Å². The summed E-state index contributed by atoms with van der Waals surface area (Å²) in [5.41, 5.74) is 4.03. The van der Waals surface area contributed by atoms with Crippen LogP contribution >= 0.6 is 15.9 Å². The van der Waals surface area contributed by atoms with Crippen LogP contribution in [0.1, 0.15) is 17.5 Å².